The number of carbonyl (C=O) groups excluding carboxylic acids is 1. The summed E-state index contributed by atoms with van der Waals surface area (Å²) in [6.45, 7) is 0.276. The number of para-hydroxylation sites is 2. The molecule has 1 amide bonds. The highest BCUT2D eigenvalue weighted by atomic mass is 16.3. The number of phenolic OH excluding ortho intramolecular Hbond substituents is 1. The number of hydrogen-bond acceptors (Lipinski definition) is 5. The van der Waals surface area contributed by atoms with E-state index in [0.717, 1.165) is 0 Å². The molecule has 0 saturated carbocycles. The number of anilines is 1. The minimum Gasteiger partial charge on any atom is -0.506 e. The molecule has 0 fully saturated rings. The number of amides is 1. The molecule has 8 heteroatoms. The number of aromatic hydroxyl groups is 1. The van der Waals surface area contributed by atoms with Gasteiger partial charge in [-0.15, -0.1) is 0 Å². The molecular weight excluding hydrogens is 348 g/mol. The fourth-order valence-corrected chi connectivity index (χ4v) is 2.63. The van der Waals surface area contributed by atoms with Gasteiger partial charge in [0.2, 0.25) is 5.91 Å². The summed E-state index contributed by atoms with van der Waals surface area (Å²) in [5, 5.41) is 10.2. The third-order valence-electron chi connectivity index (χ3n) is 3.98. The Balaban J connectivity index is 1.83. The number of aryl methyl sites for hydroxylation is 1. The predicted molar refractivity (Wildman–Crippen MR) is 99.5 cm³/mol. The Morgan fingerprint density at radius 3 is 2.59 bits per heavy atom. The van der Waals surface area contributed by atoms with Gasteiger partial charge in [-0.2, -0.15) is 0 Å². The summed E-state index contributed by atoms with van der Waals surface area (Å²) in [7, 11) is 0. The Kier molecular flexibility index (Phi) is 5.46. The molecule has 2 heterocycles. The van der Waals surface area contributed by atoms with Crippen molar-refractivity contribution in [3.8, 4) is 5.75 Å². The third-order valence-corrected chi connectivity index (χ3v) is 3.98. The summed E-state index contributed by atoms with van der Waals surface area (Å²) >= 11 is 0. The molecule has 2 N–H and O–H groups in total. The number of carbonyl (C=O) groups is 1. The van der Waals surface area contributed by atoms with Crippen LogP contribution < -0.4 is 16.1 Å². The molecule has 2 aromatic heterocycles. The second-order valence-corrected chi connectivity index (χ2v) is 5.84. The Morgan fingerprint density at radius 1 is 1.11 bits per heavy atom. The summed E-state index contributed by atoms with van der Waals surface area (Å²) in [4.78, 5) is 43.6. The van der Waals surface area contributed by atoms with Gasteiger partial charge in [-0.25, -0.2) is 4.79 Å². The summed E-state index contributed by atoms with van der Waals surface area (Å²) in [5.74, 6) is -0.316. The van der Waals surface area contributed by atoms with Gasteiger partial charge in [0.25, 0.3) is 5.56 Å². The van der Waals surface area contributed by atoms with Gasteiger partial charge in [-0.05, 0) is 24.3 Å². The Bertz CT molecular complexity index is 1040. The van der Waals surface area contributed by atoms with Crippen LogP contribution >= 0.6 is 0 Å². The van der Waals surface area contributed by atoms with Crippen molar-refractivity contribution in [1.29, 1.82) is 0 Å². The number of rotatable bonds is 6. The van der Waals surface area contributed by atoms with Crippen LogP contribution in [0.5, 0.6) is 5.75 Å². The minimum atomic E-state index is -0.575. The molecule has 1 aromatic carbocycles. The average molecular weight is 366 g/mol. The van der Waals surface area contributed by atoms with Gasteiger partial charge in [0.1, 0.15) is 5.75 Å². The lowest BCUT2D eigenvalue weighted by atomic mass is 10.2. The highest BCUT2D eigenvalue weighted by molar-refractivity contribution is 5.94. The average Bonchev–Trinajstić information content (AvgIpc) is 2.67. The number of benzene rings is 1. The summed E-state index contributed by atoms with van der Waals surface area (Å²) in [6, 6.07) is 13.1. The van der Waals surface area contributed by atoms with Crippen molar-refractivity contribution < 1.29 is 9.90 Å². The number of phenols is 1. The van der Waals surface area contributed by atoms with Crippen molar-refractivity contribution in [3.63, 3.8) is 0 Å². The normalized spacial score (nSPS) is 10.5. The molecule has 0 radical (unpaired) electrons. The summed E-state index contributed by atoms with van der Waals surface area (Å²) in [6.07, 6.45) is 2.98. The molecule has 0 aliphatic carbocycles. The number of pyridine rings is 1. The van der Waals surface area contributed by atoms with Gasteiger partial charge in [0.05, 0.1) is 17.9 Å². The molecular formula is C19H18N4O4. The van der Waals surface area contributed by atoms with Crippen LogP contribution in [0.3, 0.4) is 0 Å². The number of nitrogens with zero attached hydrogens (tertiary/aromatic N) is 3. The van der Waals surface area contributed by atoms with Crippen LogP contribution in [0.1, 0.15) is 12.1 Å². The van der Waals surface area contributed by atoms with E-state index in [4.69, 9.17) is 0 Å². The van der Waals surface area contributed by atoms with E-state index in [1.165, 1.54) is 27.8 Å². The molecule has 3 aromatic rings. The van der Waals surface area contributed by atoms with E-state index in [0.29, 0.717) is 11.4 Å². The molecule has 0 saturated heterocycles. The van der Waals surface area contributed by atoms with Crippen molar-refractivity contribution in [2.45, 2.75) is 19.5 Å². The zero-order valence-corrected chi connectivity index (χ0v) is 14.4. The Labute approximate surface area is 154 Å². The van der Waals surface area contributed by atoms with Crippen molar-refractivity contribution in [1.82, 2.24) is 14.5 Å². The molecule has 0 spiro atoms. The first kappa shape index (κ1) is 18.1. The van der Waals surface area contributed by atoms with Crippen LogP contribution in [0.25, 0.3) is 0 Å². The summed E-state index contributed by atoms with van der Waals surface area (Å²) in [5.41, 5.74) is -0.0417. The zero-order valence-electron chi connectivity index (χ0n) is 14.4. The molecule has 27 heavy (non-hydrogen) atoms. The highest BCUT2D eigenvalue weighted by Gasteiger charge is 2.19. The van der Waals surface area contributed by atoms with Gasteiger partial charge >= 0.3 is 5.69 Å². The number of nitrogens with one attached hydrogen (secondary N) is 1. The quantitative estimate of drug-likeness (QED) is 0.683. The van der Waals surface area contributed by atoms with Gasteiger partial charge in [0, 0.05) is 31.4 Å². The van der Waals surface area contributed by atoms with Crippen LogP contribution in [-0.2, 0) is 17.9 Å². The van der Waals surface area contributed by atoms with Gasteiger partial charge in [0.15, 0.2) is 0 Å². The van der Waals surface area contributed by atoms with Crippen LogP contribution in [-0.4, -0.2) is 25.5 Å². The lowest BCUT2D eigenvalue weighted by Gasteiger charge is -2.23. The number of aromatic amines is 1. The van der Waals surface area contributed by atoms with E-state index < -0.39 is 11.2 Å². The predicted octanol–water partition coefficient (Wildman–Crippen LogP) is 1.26. The maximum atomic E-state index is 12.9. The highest BCUT2D eigenvalue weighted by Crippen LogP contribution is 2.28. The number of hydrogen-bond donors (Lipinski definition) is 2. The molecule has 0 atom stereocenters. The second kappa shape index (κ2) is 8.13. The molecule has 0 aliphatic heterocycles. The molecule has 3 rings (SSSR count). The second-order valence-electron chi connectivity index (χ2n) is 5.84. The standard InChI is InChI=1S/C19H18N4O4/c24-16-7-2-1-6-15(16)23(13-14-5-3-4-10-20-14)18(26)9-12-22-11-8-17(25)21-19(22)27/h1-8,10-11,24H,9,12-13H2,(H,21,25,27). The maximum Gasteiger partial charge on any atom is 0.328 e. The van der Waals surface area contributed by atoms with Gasteiger partial charge in [-0.1, -0.05) is 18.2 Å². The lowest BCUT2D eigenvalue weighted by Crippen LogP contribution is -2.34. The Hall–Kier alpha value is -3.68. The van der Waals surface area contributed by atoms with Crippen LogP contribution in [0.4, 0.5) is 5.69 Å². The van der Waals surface area contributed by atoms with Crippen LogP contribution in [0, 0.1) is 0 Å². The largest absolute Gasteiger partial charge is 0.506 e. The SMILES string of the molecule is O=C(CCn1ccc(=O)[nH]c1=O)N(Cc1ccccn1)c1ccccc1O. The van der Waals surface area contributed by atoms with Gasteiger partial charge in [-0.3, -0.25) is 19.6 Å². The van der Waals surface area contributed by atoms with Crippen molar-refractivity contribution >= 4 is 11.6 Å². The topological polar surface area (TPSA) is 108 Å². The monoisotopic (exact) mass is 366 g/mol. The molecule has 8 nitrogen and oxygen atoms in total. The number of H-pyrrole nitrogens is 1. The molecule has 138 valence electrons. The fourth-order valence-electron chi connectivity index (χ4n) is 2.63. The third kappa shape index (κ3) is 4.49. The fraction of sp³-hybridized carbons (Fsp3) is 0.158. The van der Waals surface area contributed by atoms with Crippen LogP contribution in [0.2, 0.25) is 0 Å². The first-order valence-corrected chi connectivity index (χ1v) is 8.32. The first-order chi connectivity index (χ1) is 13.0. The van der Waals surface area contributed by atoms with Crippen molar-refractivity contribution in [3.05, 3.63) is 87.5 Å². The molecule has 0 bridgehead atoms. The first-order valence-electron chi connectivity index (χ1n) is 8.32. The molecule has 0 aliphatic rings. The lowest BCUT2D eigenvalue weighted by molar-refractivity contribution is -0.119. The maximum absolute atomic E-state index is 12.9. The van der Waals surface area contributed by atoms with Crippen LogP contribution in [0.15, 0.2) is 70.5 Å². The van der Waals surface area contributed by atoms with E-state index in [-0.39, 0.29) is 31.2 Å². The molecule has 0 unspecified atom stereocenters. The Morgan fingerprint density at radius 2 is 1.89 bits per heavy atom. The number of aromatic nitrogens is 3. The van der Waals surface area contributed by atoms with E-state index in [2.05, 4.69) is 9.97 Å². The minimum absolute atomic E-state index is 0.00706. The van der Waals surface area contributed by atoms with E-state index in [9.17, 15) is 19.5 Å². The van der Waals surface area contributed by atoms with E-state index >= 15 is 0 Å². The zero-order chi connectivity index (χ0) is 19.2. The smallest absolute Gasteiger partial charge is 0.328 e. The summed E-state index contributed by atoms with van der Waals surface area (Å²) < 4.78 is 1.25. The van der Waals surface area contributed by atoms with Gasteiger partial charge < -0.3 is 14.6 Å². The van der Waals surface area contributed by atoms with E-state index in [1.54, 1.807) is 36.5 Å². The van der Waals surface area contributed by atoms with Crippen molar-refractivity contribution in [2.75, 3.05) is 4.90 Å². The van der Waals surface area contributed by atoms with E-state index in [1.807, 2.05) is 6.07 Å². The van der Waals surface area contributed by atoms with Crippen molar-refractivity contribution in [2.24, 2.45) is 0 Å².